The van der Waals surface area contributed by atoms with Gasteiger partial charge in [-0.2, -0.15) is 0 Å². The van der Waals surface area contributed by atoms with Crippen molar-refractivity contribution in [2.75, 3.05) is 20.2 Å². The Bertz CT molecular complexity index is 2260. The highest BCUT2D eigenvalue weighted by molar-refractivity contribution is 6.39. The fourth-order valence-electron chi connectivity index (χ4n) is 6.21. The molecule has 0 unspecified atom stereocenters. The average molecular weight is 725 g/mol. The minimum Gasteiger partial charge on any atom is -0.481 e. The quantitative estimate of drug-likeness (QED) is 0.138. The number of halogens is 2. The molecule has 51 heavy (non-hydrogen) atoms. The van der Waals surface area contributed by atoms with Crippen LogP contribution in [0.4, 0.5) is 0 Å². The van der Waals surface area contributed by atoms with Gasteiger partial charge in [0.15, 0.2) is 0 Å². The van der Waals surface area contributed by atoms with E-state index in [1.165, 1.54) is 4.40 Å². The number of hydrogen-bond donors (Lipinski definition) is 3. The van der Waals surface area contributed by atoms with Gasteiger partial charge in [0.2, 0.25) is 11.8 Å². The van der Waals surface area contributed by atoms with Crippen LogP contribution in [0, 0.1) is 0 Å². The molecule has 0 bridgehead atoms. The van der Waals surface area contributed by atoms with E-state index in [-0.39, 0.29) is 17.5 Å². The lowest BCUT2D eigenvalue weighted by molar-refractivity contribution is -0.119. The number of amides is 1. The Kier molecular flexibility index (Phi) is 10.4. The lowest BCUT2D eigenvalue weighted by Gasteiger charge is -2.16. The van der Waals surface area contributed by atoms with Crippen molar-refractivity contribution in [3.8, 4) is 39.4 Å². The molecule has 6 aromatic rings. The van der Waals surface area contributed by atoms with E-state index in [0.717, 1.165) is 39.8 Å². The van der Waals surface area contributed by atoms with Crippen LogP contribution in [0.1, 0.15) is 24.0 Å². The first-order valence-electron chi connectivity index (χ1n) is 16.5. The van der Waals surface area contributed by atoms with Gasteiger partial charge in [0.05, 0.1) is 22.8 Å². The molecule has 4 aromatic heterocycles. The van der Waals surface area contributed by atoms with E-state index in [1.807, 2.05) is 65.2 Å². The smallest absolute Gasteiger partial charge is 0.262 e. The molecule has 1 aliphatic heterocycles. The number of rotatable bonds is 13. The highest BCUT2D eigenvalue weighted by atomic mass is 35.5. The molecule has 1 aliphatic rings. The van der Waals surface area contributed by atoms with Gasteiger partial charge in [0.1, 0.15) is 18.3 Å². The third-order valence-electron chi connectivity index (χ3n) is 8.91. The summed E-state index contributed by atoms with van der Waals surface area (Å²) in [5.74, 6) is 0.588. The summed E-state index contributed by atoms with van der Waals surface area (Å²) in [6.07, 6.45) is 8.03. The van der Waals surface area contributed by atoms with Crippen molar-refractivity contribution in [2.45, 2.75) is 38.5 Å². The first-order valence-corrected chi connectivity index (χ1v) is 17.3. The maximum atomic E-state index is 13.2. The zero-order chi connectivity index (χ0) is 35.3. The number of aromatic nitrogens is 6. The first kappa shape index (κ1) is 34.3. The minimum atomic E-state index is -0.139. The maximum Gasteiger partial charge on any atom is 0.262 e. The molecule has 7 rings (SSSR count). The molecule has 260 valence electrons. The highest BCUT2D eigenvalue weighted by Crippen LogP contribution is 2.42. The zero-order valence-electron chi connectivity index (χ0n) is 27.8. The van der Waals surface area contributed by atoms with Crippen LogP contribution in [0.5, 0.6) is 5.88 Å². The van der Waals surface area contributed by atoms with E-state index in [1.54, 1.807) is 32.2 Å². The monoisotopic (exact) mass is 723 g/mol. The number of fused-ring (bicyclic) bond motifs is 1. The van der Waals surface area contributed by atoms with Crippen molar-refractivity contribution in [3.63, 3.8) is 0 Å². The molecule has 14 heteroatoms. The summed E-state index contributed by atoms with van der Waals surface area (Å²) in [7, 11) is 1.59. The molecule has 2 aromatic carbocycles. The second kappa shape index (κ2) is 15.4. The van der Waals surface area contributed by atoms with Crippen molar-refractivity contribution in [2.24, 2.45) is 0 Å². The van der Waals surface area contributed by atoms with E-state index in [9.17, 15) is 9.59 Å². The van der Waals surface area contributed by atoms with Crippen LogP contribution >= 0.6 is 23.2 Å². The Hall–Kier alpha value is -5.14. The van der Waals surface area contributed by atoms with Gasteiger partial charge in [-0.15, -0.1) is 10.2 Å². The fourth-order valence-corrected chi connectivity index (χ4v) is 6.88. The number of nitrogens with one attached hydrogen (secondary N) is 3. The van der Waals surface area contributed by atoms with Crippen LogP contribution in [0.15, 0.2) is 90.5 Å². The molecule has 5 heterocycles. The third-order valence-corrected chi connectivity index (χ3v) is 9.72. The van der Waals surface area contributed by atoms with Crippen LogP contribution in [0.3, 0.4) is 0 Å². The topological polar surface area (TPSA) is 140 Å². The van der Waals surface area contributed by atoms with Crippen molar-refractivity contribution in [3.05, 3.63) is 117 Å². The normalized spacial score (nSPS) is 14.3. The largest absolute Gasteiger partial charge is 0.481 e. The predicted octanol–water partition coefficient (Wildman–Crippen LogP) is 5.16. The molecule has 0 radical (unpaired) electrons. The molecule has 1 atom stereocenters. The summed E-state index contributed by atoms with van der Waals surface area (Å²) < 4.78 is 9.04. The summed E-state index contributed by atoms with van der Waals surface area (Å²) in [4.78, 5) is 34.1. The van der Waals surface area contributed by atoms with Crippen molar-refractivity contribution in [1.29, 1.82) is 0 Å². The van der Waals surface area contributed by atoms with Gasteiger partial charge >= 0.3 is 0 Å². The fraction of sp³-hybridized carbons (Fsp3) is 0.243. The van der Waals surface area contributed by atoms with E-state index in [4.69, 9.17) is 32.9 Å². The third kappa shape index (κ3) is 7.49. The molecule has 1 saturated heterocycles. The van der Waals surface area contributed by atoms with E-state index < -0.39 is 0 Å². The second-order valence-corrected chi connectivity index (χ2v) is 13.0. The van der Waals surface area contributed by atoms with Crippen LogP contribution in [0.2, 0.25) is 10.0 Å². The molecule has 0 saturated carbocycles. The zero-order valence-corrected chi connectivity index (χ0v) is 29.3. The van der Waals surface area contributed by atoms with Gasteiger partial charge in [-0.3, -0.25) is 14.0 Å². The van der Waals surface area contributed by atoms with Gasteiger partial charge in [0, 0.05) is 91.0 Å². The van der Waals surface area contributed by atoms with Gasteiger partial charge in [0.25, 0.3) is 5.56 Å². The maximum absolute atomic E-state index is 13.2. The van der Waals surface area contributed by atoms with Crippen molar-refractivity contribution < 1.29 is 9.53 Å². The van der Waals surface area contributed by atoms with Crippen molar-refractivity contribution in [1.82, 2.24) is 45.1 Å². The lowest BCUT2D eigenvalue weighted by atomic mass is 9.97. The lowest BCUT2D eigenvalue weighted by Crippen LogP contribution is -2.35. The van der Waals surface area contributed by atoms with Crippen LogP contribution < -0.4 is 26.2 Å². The number of carbonyl (C=O) groups is 1. The molecule has 3 N–H and O–H groups in total. The number of carbonyl (C=O) groups excluding carboxylic acids is 1. The Morgan fingerprint density at radius 2 is 1.63 bits per heavy atom. The first-order chi connectivity index (χ1) is 24.9. The molecular formula is C37H35Cl2N9O3. The van der Waals surface area contributed by atoms with Gasteiger partial charge in [-0.05, 0) is 30.2 Å². The number of nitrogens with zero attached hydrogens (tertiary/aromatic N) is 6. The summed E-state index contributed by atoms with van der Waals surface area (Å²) >= 11 is 14.2. The Balaban J connectivity index is 1.10. The predicted molar refractivity (Wildman–Crippen MR) is 197 cm³/mol. The van der Waals surface area contributed by atoms with Crippen LogP contribution in [-0.4, -0.2) is 61.3 Å². The number of pyridine rings is 2. The molecule has 0 aliphatic carbocycles. The standard InChI is InChI=1S/C37H35Cl2N9O3/c1-51-36-24(17-41-20-26-9-11-33(49)45-26)8-10-31(46-36)30-7-3-6-29(35(30)39)28-5-2-4-27(34(28)38)23-12-14-48-32(16-23)42-19-25(37(48)50)18-40-13-15-47-21-43-44-22-47/h2-8,10,12,14,16,19,21-22,26,40-41H,9,11,13,15,17-18,20H2,1H3,(H,45,49)/t26-/m0/s1. The van der Waals surface area contributed by atoms with E-state index in [0.29, 0.717) is 72.0 Å². The van der Waals surface area contributed by atoms with E-state index >= 15 is 0 Å². The van der Waals surface area contributed by atoms with Gasteiger partial charge in [-0.25, -0.2) is 9.97 Å². The molecular weight excluding hydrogens is 689 g/mol. The number of ether oxygens (including phenoxy) is 1. The van der Waals surface area contributed by atoms with Gasteiger partial charge in [-0.1, -0.05) is 65.7 Å². The SMILES string of the molecule is COc1nc(-c2cccc(-c3cccc(-c4ccn5c(=O)c(CNCCn6cnnc6)cnc5c4)c3Cl)c2Cl)ccc1CNC[C@@H]1CCC(=O)N1. The Labute approximate surface area is 303 Å². The summed E-state index contributed by atoms with van der Waals surface area (Å²) in [5, 5.41) is 18.2. The average Bonchev–Trinajstić information content (AvgIpc) is 3.83. The van der Waals surface area contributed by atoms with Crippen molar-refractivity contribution >= 4 is 34.8 Å². The minimum absolute atomic E-state index is 0.0942. The summed E-state index contributed by atoms with van der Waals surface area (Å²) in [5.41, 5.74) is 6.33. The molecule has 1 fully saturated rings. The number of methoxy groups -OCH3 is 1. The number of hydrogen-bond acceptors (Lipinski definition) is 9. The highest BCUT2D eigenvalue weighted by Gasteiger charge is 2.21. The van der Waals surface area contributed by atoms with E-state index in [2.05, 4.69) is 31.1 Å². The number of benzene rings is 2. The molecule has 1 amide bonds. The Morgan fingerprint density at radius 1 is 0.902 bits per heavy atom. The Morgan fingerprint density at radius 3 is 2.37 bits per heavy atom. The second-order valence-electron chi connectivity index (χ2n) is 12.2. The van der Waals surface area contributed by atoms with Crippen LogP contribution in [-0.2, 0) is 24.4 Å². The molecule has 0 spiro atoms. The van der Waals surface area contributed by atoms with Crippen LogP contribution in [0.25, 0.3) is 39.2 Å². The summed E-state index contributed by atoms with van der Waals surface area (Å²) in [6, 6.07) is 19.3. The summed E-state index contributed by atoms with van der Waals surface area (Å²) in [6.45, 7) is 2.94. The molecule has 12 nitrogen and oxygen atoms in total. The van der Waals surface area contributed by atoms with Gasteiger partial charge < -0.3 is 25.3 Å².